The molecule has 3 N–H and O–H groups in total. The largest absolute Gasteiger partial charge is 0.497 e. The summed E-state index contributed by atoms with van der Waals surface area (Å²) in [5.74, 6) is 1.75. The number of rotatable bonds is 9. The lowest BCUT2D eigenvalue weighted by Crippen LogP contribution is -2.25. The Labute approximate surface area is 119 Å². The normalized spacial score (nSPS) is 10.2. The van der Waals surface area contributed by atoms with E-state index in [2.05, 4.69) is 5.32 Å². The van der Waals surface area contributed by atoms with Gasteiger partial charge in [0, 0.05) is 23.6 Å². The maximum absolute atomic E-state index is 11.5. The van der Waals surface area contributed by atoms with E-state index in [0.717, 1.165) is 35.8 Å². The molecule has 5 heteroatoms. The van der Waals surface area contributed by atoms with E-state index in [1.165, 1.54) is 0 Å². The predicted molar refractivity (Wildman–Crippen MR) is 79.6 cm³/mol. The highest BCUT2D eigenvalue weighted by molar-refractivity contribution is 7.99. The van der Waals surface area contributed by atoms with Crippen LogP contribution in [0.2, 0.25) is 0 Å². The lowest BCUT2D eigenvalue weighted by atomic mass is 10.3. The fourth-order valence-corrected chi connectivity index (χ4v) is 2.37. The van der Waals surface area contributed by atoms with Gasteiger partial charge in [0.1, 0.15) is 5.75 Å². The summed E-state index contributed by atoms with van der Waals surface area (Å²) in [4.78, 5) is 12.7. The minimum atomic E-state index is 0.109. The van der Waals surface area contributed by atoms with Gasteiger partial charge in [-0.2, -0.15) is 0 Å². The van der Waals surface area contributed by atoms with Gasteiger partial charge in [-0.3, -0.25) is 4.79 Å². The van der Waals surface area contributed by atoms with Crippen LogP contribution in [0.4, 0.5) is 0 Å². The number of hydrogen-bond acceptors (Lipinski definition) is 4. The molecule has 0 spiro atoms. The first-order chi connectivity index (χ1) is 9.26. The molecule has 0 bridgehead atoms. The summed E-state index contributed by atoms with van der Waals surface area (Å²) in [6.07, 6.45) is 2.45. The minimum Gasteiger partial charge on any atom is -0.497 e. The number of carbonyl (C=O) groups is 1. The van der Waals surface area contributed by atoms with E-state index < -0.39 is 0 Å². The Morgan fingerprint density at radius 1 is 1.32 bits per heavy atom. The summed E-state index contributed by atoms with van der Waals surface area (Å²) >= 11 is 1.68. The standard InChI is InChI=1S/C14H22N2O2S/c1-18-12-4-6-13(7-5-12)19-11-8-14(17)16-10-3-2-9-15/h4-7H,2-3,8-11,15H2,1H3,(H,16,17). The second-order valence-electron chi connectivity index (χ2n) is 4.12. The van der Waals surface area contributed by atoms with Crippen LogP contribution in [-0.2, 0) is 4.79 Å². The molecule has 0 aliphatic heterocycles. The smallest absolute Gasteiger partial charge is 0.220 e. The molecule has 0 fully saturated rings. The number of unbranched alkanes of at least 4 members (excludes halogenated alkanes) is 1. The van der Waals surface area contributed by atoms with Gasteiger partial charge in [-0.05, 0) is 43.7 Å². The first-order valence-corrected chi connectivity index (χ1v) is 7.48. The van der Waals surface area contributed by atoms with E-state index in [4.69, 9.17) is 10.5 Å². The van der Waals surface area contributed by atoms with Crippen molar-refractivity contribution in [2.45, 2.75) is 24.2 Å². The Morgan fingerprint density at radius 2 is 2.05 bits per heavy atom. The van der Waals surface area contributed by atoms with Crippen LogP contribution in [0.5, 0.6) is 5.75 Å². The van der Waals surface area contributed by atoms with Crippen molar-refractivity contribution in [2.75, 3.05) is 26.0 Å². The maximum atomic E-state index is 11.5. The minimum absolute atomic E-state index is 0.109. The Morgan fingerprint density at radius 3 is 2.68 bits per heavy atom. The molecule has 0 saturated heterocycles. The highest BCUT2D eigenvalue weighted by Crippen LogP contribution is 2.21. The summed E-state index contributed by atoms with van der Waals surface area (Å²) in [6, 6.07) is 7.86. The molecule has 1 amide bonds. The molecular weight excluding hydrogens is 260 g/mol. The topological polar surface area (TPSA) is 64.3 Å². The number of benzene rings is 1. The van der Waals surface area contributed by atoms with Gasteiger partial charge < -0.3 is 15.8 Å². The van der Waals surface area contributed by atoms with Crippen LogP contribution in [0.3, 0.4) is 0 Å². The van der Waals surface area contributed by atoms with Crippen molar-refractivity contribution >= 4 is 17.7 Å². The second-order valence-corrected chi connectivity index (χ2v) is 5.29. The Kier molecular flexibility index (Phi) is 8.09. The fraction of sp³-hybridized carbons (Fsp3) is 0.500. The van der Waals surface area contributed by atoms with E-state index in [0.29, 0.717) is 13.0 Å². The van der Waals surface area contributed by atoms with Crippen molar-refractivity contribution < 1.29 is 9.53 Å². The van der Waals surface area contributed by atoms with Gasteiger partial charge in [-0.1, -0.05) is 0 Å². The predicted octanol–water partition coefficient (Wildman–Crippen LogP) is 2.03. The maximum Gasteiger partial charge on any atom is 0.220 e. The van der Waals surface area contributed by atoms with Crippen LogP contribution < -0.4 is 15.8 Å². The first-order valence-electron chi connectivity index (χ1n) is 6.50. The number of ether oxygens (including phenoxy) is 1. The molecular formula is C14H22N2O2S. The zero-order valence-corrected chi connectivity index (χ0v) is 12.2. The van der Waals surface area contributed by atoms with Crippen molar-refractivity contribution in [2.24, 2.45) is 5.73 Å². The van der Waals surface area contributed by atoms with Crippen molar-refractivity contribution in [1.82, 2.24) is 5.32 Å². The summed E-state index contributed by atoms with van der Waals surface area (Å²) < 4.78 is 5.09. The third-order valence-corrected chi connectivity index (χ3v) is 3.62. The van der Waals surface area contributed by atoms with E-state index in [-0.39, 0.29) is 5.91 Å². The highest BCUT2D eigenvalue weighted by Gasteiger charge is 2.01. The van der Waals surface area contributed by atoms with Crippen molar-refractivity contribution in [3.8, 4) is 5.75 Å². The zero-order chi connectivity index (χ0) is 13.9. The summed E-state index contributed by atoms with van der Waals surface area (Å²) in [7, 11) is 1.65. The van der Waals surface area contributed by atoms with Crippen LogP contribution in [-0.4, -0.2) is 31.9 Å². The summed E-state index contributed by atoms with van der Waals surface area (Å²) in [5.41, 5.74) is 5.39. The van der Waals surface area contributed by atoms with Crippen LogP contribution in [0.15, 0.2) is 29.2 Å². The number of hydrogen-bond donors (Lipinski definition) is 2. The lowest BCUT2D eigenvalue weighted by Gasteiger charge is -2.05. The fourth-order valence-electron chi connectivity index (χ4n) is 1.52. The molecule has 1 aromatic carbocycles. The number of thioether (sulfide) groups is 1. The monoisotopic (exact) mass is 282 g/mol. The molecule has 0 heterocycles. The molecule has 4 nitrogen and oxygen atoms in total. The van der Waals surface area contributed by atoms with Gasteiger partial charge in [-0.25, -0.2) is 0 Å². The number of nitrogens with one attached hydrogen (secondary N) is 1. The van der Waals surface area contributed by atoms with E-state index >= 15 is 0 Å². The molecule has 0 aliphatic carbocycles. The first kappa shape index (κ1) is 15.9. The van der Waals surface area contributed by atoms with Gasteiger partial charge in [0.25, 0.3) is 0 Å². The third kappa shape index (κ3) is 7.08. The van der Waals surface area contributed by atoms with Crippen molar-refractivity contribution in [3.05, 3.63) is 24.3 Å². The second kappa shape index (κ2) is 9.69. The zero-order valence-electron chi connectivity index (χ0n) is 11.4. The Bertz CT molecular complexity index is 368. The third-order valence-electron chi connectivity index (χ3n) is 2.61. The van der Waals surface area contributed by atoms with Crippen LogP contribution in [0.25, 0.3) is 0 Å². The van der Waals surface area contributed by atoms with Crippen molar-refractivity contribution in [1.29, 1.82) is 0 Å². The average Bonchev–Trinajstić information content (AvgIpc) is 2.44. The SMILES string of the molecule is COc1ccc(SCCC(=O)NCCCCN)cc1. The van der Waals surface area contributed by atoms with Crippen LogP contribution in [0.1, 0.15) is 19.3 Å². The molecule has 0 aliphatic rings. The molecule has 0 unspecified atom stereocenters. The van der Waals surface area contributed by atoms with E-state index in [1.54, 1.807) is 18.9 Å². The van der Waals surface area contributed by atoms with Crippen molar-refractivity contribution in [3.63, 3.8) is 0 Å². The lowest BCUT2D eigenvalue weighted by molar-refractivity contribution is -0.120. The quantitative estimate of drug-likeness (QED) is 0.537. The number of nitrogens with two attached hydrogens (primary N) is 1. The summed E-state index contributed by atoms with van der Waals surface area (Å²) in [6.45, 7) is 1.41. The number of amides is 1. The molecule has 1 rings (SSSR count). The van der Waals surface area contributed by atoms with Gasteiger partial charge in [-0.15, -0.1) is 11.8 Å². The Hall–Kier alpha value is -1.20. The molecule has 1 aromatic rings. The summed E-state index contributed by atoms with van der Waals surface area (Å²) in [5, 5.41) is 2.89. The Balaban J connectivity index is 2.13. The van der Waals surface area contributed by atoms with Crippen LogP contribution >= 0.6 is 11.8 Å². The van der Waals surface area contributed by atoms with Gasteiger partial charge >= 0.3 is 0 Å². The molecule has 106 valence electrons. The van der Waals surface area contributed by atoms with E-state index in [1.807, 2.05) is 24.3 Å². The van der Waals surface area contributed by atoms with Gasteiger partial charge in [0.15, 0.2) is 0 Å². The number of carbonyl (C=O) groups excluding carboxylic acids is 1. The number of methoxy groups -OCH3 is 1. The highest BCUT2D eigenvalue weighted by atomic mass is 32.2. The van der Waals surface area contributed by atoms with E-state index in [9.17, 15) is 4.79 Å². The average molecular weight is 282 g/mol. The molecule has 0 radical (unpaired) electrons. The molecule has 0 saturated carbocycles. The van der Waals surface area contributed by atoms with Gasteiger partial charge in [0.2, 0.25) is 5.91 Å². The molecule has 0 aromatic heterocycles. The molecule has 0 atom stereocenters. The molecule has 19 heavy (non-hydrogen) atoms. The van der Waals surface area contributed by atoms with Gasteiger partial charge in [0.05, 0.1) is 7.11 Å². The van der Waals surface area contributed by atoms with Crippen LogP contribution in [0, 0.1) is 0 Å².